The number of carboxylic acids is 1. The summed E-state index contributed by atoms with van der Waals surface area (Å²) in [5.41, 5.74) is 0. The van der Waals surface area contributed by atoms with Crippen LogP contribution in [0.25, 0.3) is 0 Å². The minimum Gasteiger partial charge on any atom is -0.480 e. The highest BCUT2D eigenvalue weighted by molar-refractivity contribution is 5.69. The molecule has 0 rings (SSSR count). The van der Waals surface area contributed by atoms with Crippen molar-refractivity contribution in [2.24, 2.45) is 0 Å². The highest BCUT2D eigenvalue weighted by Crippen LogP contribution is 2.09. The standard InChI is InChI=1S/C12H25NO2/c1-3-5-7-9-11(8-6-4-2)13-10-12(14)15/h11,13H,3-10H2,1-2H3,(H,14,15). The van der Waals surface area contributed by atoms with Gasteiger partial charge in [-0.1, -0.05) is 46.0 Å². The molecule has 2 N–H and O–H groups in total. The number of carbonyl (C=O) groups is 1. The number of carboxylic acid groups (broad SMARTS) is 1. The second-order valence-corrected chi connectivity index (χ2v) is 4.11. The van der Waals surface area contributed by atoms with Crippen LogP contribution in [0, 0.1) is 0 Å². The molecular formula is C12H25NO2. The zero-order valence-electron chi connectivity index (χ0n) is 10.1. The van der Waals surface area contributed by atoms with Gasteiger partial charge in [0, 0.05) is 6.04 Å². The van der Waals surface area contributed by atoms with Gasteiger partial charge in [-0.15, -0.1) is 0 Å². The zero-order valence-corrected chi connectivity index (χ0v) is 10.1. The minimum absolute atomic E-state index is 0.0977. The Balaban J connectivity index is 3.67. The molecule has 0 radical (unpaired) electrons. The van der Waals surface area contributed by atoms with Crippen LogP contribution in [0.3, 0.4) is 0 Å². The van der Waals surface area contributed by atoms with Crippen LogP contribution in [0.2, 0.25) is 0 Å². The lowest BCUT2D eigenvalue weighted by Crippen LogP contribution is -2.33. The van der Waals surface area contributed by atoms with Crippen LogP contribution >= 0.6 is 0 Å². The summed E-state index contributed by atoms with van der Waals surface area (Å²) >= 11 is 0. The SMILES string of the molecule is CCCCCC(CCCC)NCC(=O)O. The molecule has 0 aliphatic rings. The Labute approximate surface area is 93.3 Å². The number of hydrogen-bond acceptors (Lipinski definition) is 2. The van der Waals surface area contributed by atoms with Crippen molar-refractivity contribution in [2.75, 3.05) is 6.54 Å². The van der Waals surface area contributed by atoms with Crippen molar-refractivity contribution < 1.29 is 9.90 Å². The first kappa shape index (κ1) is 14.4. The summed E-state index contributed by atoms with van der Waals surface area (Å²) in [7, 11) is 0. The van der Waals surface area contributed by atoms with Gasteiger partial charge in [0.15, 0.2) is 0 Å². The van der Waals surface area contributed by atoms with Gasteiger partial charge in [0.25, 0.3) is 0 Å². The molecule has 0 heterocycles. The molecule has 90 valence electrons. The van der Waals surface area contributed by atoms with Crippen molar-refractivity contribution in [2.45, 2.75) is 64.8 Å². The second kappa shape index (κ2) is 9.97. The fourth-order valence-electron chi connectivity index (χ4n) is 1.67. The molecule has 15 heavy (non-hydrogen) atoms. The maximum Gasteiger partial charge on any atom is 0.317 e. The van der Waals surface area contributed by atoms with E-state index < -0.39 is 5.97 Å². The van der Waals surface area contributed by atoms with Crippen LogP contribution < -0.4 is 5.32 Å². The van der Waals surface area contributed by atoms with Gasteiger partial charge < -0.3 is 10.4 Å². The fraction of sp³-hybridized carbons (Fsp3) is 0.917. The van der Waals surface area contributed by atoms with Gasteiger partial charge in [0.05, 0.1) is 6.54 Å². The summed E-state index contributed by atoms with van der Waals surface area (Å²) in [5.74, 6) is -0.757. The van der Waals surface area contributed by atoms with E-state index in [1.165, 1.54) is 32.1 Å². The summed E-state index contributed by atoms with van der Waals surface area (Å²) in [6.45, 7) is 4.45. The average molecular weight is 215 g/mol. The van der Waals surface area contributed by atoms with E-state index in [4.69, 9.17) is 5.11 Å². The summed E-state index contributed by atoms with van der Waals surface area (Å²) in [5, 5.41) is 11.7. The van der Waals surface area contributed by atoms with Crippen molar-refractivity contribution in [1.82, 2.24) is 5.32 Å². The lowest BCUT2D eigenvalue weighted by atomic mass is 10.0. The molecule has 0 fully saturated rings. The van der Waals surface area contributed by atoms with Crippen molar-refractivity contribution in [3.05, 3.63) is 0 Å². The van der Waals surface area contributed by atoms with Gasteiger partial charge in [-0.25, -0.2) is 0 Å². The third kappa shape index (κ3) is 9.73. The van der Waals surface area contributed by atoms with Gasteiger partial charge in [-0.3, -0.25) is 4.79 Å². The second-order valence-electron chi connectivity index (χ2n) is 4.11. The normalized spacial score (nSPS) is 12.7. The number of aliphatic carboxylic acids is 1. The van der Waals surface area contributed by atoms with Crippen molar-refractivity contribution in [3.63, 3.8) is 0 Å². The van der Waals surface area contributed by atoms with Gasteiger partial charge in [0.2, 0.25) is 0 Å². The number of hydrogen-bond donors (Lipinski definition) is 2. The van der Waals surface area contributed by atoms with E-state index >= 15 is 0 Å². The number of rotatable bonds is 10. The monoisotopic (exact) mass is 215 g/mol. The van der Waals surface area contributed by atoms with Gasteiger partial charge in [0.1, 0.15) is 0 Å². The molecule has 0 aliphatic heterocycles. The quantitative estimate of drug-likeness (QED) is 0.551. The van der Waals surface area contributed by atoms with Crippen LogP contribution in [0.4, 0.5) is 0 Å². The summed E-state index contributed by atoms with van der Waals surface area (Å²) in [6.07, 6.45) is 8.26. The molecule has 0 bridgehead atoms. The number of unbranched alkanes of at least 4 members (excludes halogenated alkanes) is 3. The van der Waals surface area contributed by atoms with Crippen LogP contribution in [-0.4, -0.2) is 23.7 Å². The van der Waals surface area contributed by atoms with Gasteiger partial charge >= 0.3 is 5.97 Å². The maximum absolute atomic E-state index is 10.4. The van der Waals surface area contributed by atoms with E-state index in [2.05, 4.69) is 19.2 Å². The zero-order chi connectivity index (χ0) is 11.5. The lowest BCUT2D eigenvalue weighted by Gasteiger charge is -2.17. The summed E-state index contributed by atoms with van der Waals surface area (Å²) < 4.78 is 0. The molecule has 0 aliphatic carbocycles. The largest absolute Gasteiger partial charge is 0.480 e. The first-order valence-corrected chi connectivity index (χ1v) is 6.15. The van der Waals surface area contributed by atoms with Crippen molar-refractivity contribution >= 4 is 5.97 Å². The molecular weight excluding hydrogens is 190 g/mol. The highest BCUT2D eigenvalue weighted by Gasteiger charge is 2.08. The molecule has 0 aromatic carbocycles. The summed E-state index contributed by atoms with van der Waals surface area (Å²) in [6, 6.07) is 0.396. The maximum atomic E-state index is 10.4. The van der Waals surface area contributed by atoms with Gasteiger partial charge in [-0.2, -0.15) is 0 Å². The van der Waals surface area contributed by atoms with E-state index in [0.717, 1.165) is 12.8 Å². The van der Waals surface area contributed by atoms with E-state index in [1.807, 2.05) is 0 Å². The Bertz CT molecular complexity index is 160. The molecule has 1 unspecified atom stereocenters. The van der Waals surface area contributed by atoms with Crippen LogP contribution in [0.1, 0.15) is 58.8 Å². The molecule has 0 saturated carbocycles. The Kier molecular flexibility index (Phi) is 9.59. The first-order valence-electron chi connectivity index (χ1n) is 6.15. The smallest absolute Gasteiger partial charge is 0.317 e. The van der Waals surface area contributed by atoms with E-state index in [9.17, 15) is 4.79 Å². The topological polar surface area (TPSA) is 49.3 Å². The predicted octanol–water partition coefficient (Wildman–Crippen LogP) is 2.80. The van der Waals surface area contributed by atoms with Crippen molar-refractivity contribution in [1.29, 1.82) is 0 Å². The molecule has 1 atom stereocenters. The lowest BCUT2D eigenvalue weighted by molar-refractivity contribution is -0.136. The molecule has 3 heteroatoms. The number of nitrogens with one attached hydrogen (secondary N) is 1. The van der Waals surface area contributed by atoms with Crippen molar-refractivity contribution in [3.8, 4) is 0 Å². The van der Waals surface area contributed by atoms with E-state index in [1.54, 1.807) is 0 Å². The Morgan fingerprint density at radius 1 is 1.13 bits per heavy atom. The Morgan fingerprint density at radius 3 is 2.27 bits per heavy atom. The fourth-order valence-corrected chi connectivity index (χ4v) is 1.67. The third-order valence-electron chi connectivity index (χ3n) is 2.60. The third-order valence-corrected chi connectivity index (χ3v) is 2.60. The van der Waals surface area contributed by atoms with Crippen LogP contribution in [-0.2, 0) is 4.79 Å². The highest BCUT2D eigenvalue weighted by atomic mass is 16.4. The van der Waals surface area contributed by atoms with Crippen LogP contribution in [0.5, 0.6) is 0 Å². The molecule has 0 saturated heterocycles. The Morgan fingerprint density at radius 2 is 1.73 bits per heavy atom. The molecule has 0 aromatic rings. The average Bonchev–Trinajstić information content (AvgIpc) is 2.21. The van der Waals surface area contributed by atoms with Crippen LogP contribution in [0.15, 0.2) is 0 Å². The molecule has 0 aromatic heterocycles. The van der Waals surface area contributed by atoms with E-state index in [0.29, 0.717) is 6.04 Å². The van der Waals surface area contributed by atoms with E-state index in [-0.39, 0.29) is 6.54 Å². The molecule has 3 nitrogen and oxygen atoms in total. The van der Waals surface area contributed by atoms with Gasteiger partial charge in [-0.05, 0) is 12.8 Å². The summed E-state index contributed by atoms with van der Waals surface area (Å²) in [4.78, 5) is 10.4. The molecule has 0 amide bonds. The first-order chi connectivity index (χ1) is 7.20. The molecule has 0 spiro atoms. The predicted molar refractivity (Wildman–Crippen MR) is 63.1 cm³/mol. The minimum atomic E-state index is -0.757. The Hall–Kier alpha value is -0.570.